The Hall–Kier alpha value is -3.35. The van der Waals surface area contributed by atoms with Crippen LogP contribution in [0.1, 0.15) is 70.4 Å². The van der Waals surface area contributed by atoms with Crippen molar-refractivity contribution >= 4 is 5.91 Å². The molecule has 3 aromatic rings. The largest absolute Gasteiger partial charge is 0.454 e. The molecule has 6 nitrogen and oxygen atoms in total. The number of nitrogens with zero attached hydrogens (tertiary/aromatic N) is 3. The maximum absolute atomic E-state index is 13.1. The van der Waals surface area contributed by atoms with Gasteiger partial charge in [-0.1, -0.05) is 42.5 Å². The van der Waals surface area contributed by atoms with Gasteiger partial charge in [-0.15, -0.1) is 0 Å². The van der Waals surface area contributed by atoms with Gasteiger partial charge in [0, 0.05) is 56.4 Å². The van der Waals surface area contributed by atoms with Crippen molar-refractivity contribution < 1.29 is 14.3 Å². The molecule has 7 rings (SSSR count). The summed E-state index contributed by atoms with van der Waals surface area (Å²) in [4.78, 5) is 20.6. The number of amides is 1. The number of ether oxygens (including phenoxy) is 2. The Labute approximate surface area is 243 Å². The number of aryl methyl sites for hydroxylation is 2. The summed E-state index contributed by atoms with van der Waals surface area (Å²) in [6.45, 7) is 9.83. The van der Waals surface area contributed by atoms with Gasteiger partial charge in [0.15, 0.2) is 11.5 Å². The van der Waals surface area contributed by atoms with E-state index in [4.69, 9.17) is 9.47 Å². The lowest BCUT2D eigenvalue weighted by atomic mass is 9.97. The molecule has 41 heavy (non-hydrogen) atoms. The van der Waals surface area contributed by atoms with Gasteiger partial charge >= 0.3 is 0 Å². The Morgan fingerprint density at radius 2 is 1.66 bits per heavy atom. The van der Waals surface area contributed by atoms with E-state index in [1.54, 1.807) is 0 Å². The van der Waals surface area contributed by atoms with E-state index < -0.39 is 0 Å². The number of carbonyl (C=O) groups is 1. The molecule has 0 radical (unpaired) electrons. The fourth-order valence-corrected chi connectivity index (χ4v) is 7.60. The molecule has 1 amide bonds. The molecule has 4 aliphatic rings. The normalized spacial score (nSPS) is 23.1. The highest BCUT2D eigenvalue weighted by Crippen LogP contribution is 2.39. The van der Waals surface area contributed by atoms with Crippen molar-refractivity contribution in [2.45, 2.75) is 64.1 Å². The average Bonchev–Trinajstić information content (AvgIpc) is 3.64. The molecule has 6 heteroatoms. The van der Waals surface area contributed by atoms with Crippen LogP contribution in [-0.2, 0) is 12.8 Å². The molecule has 1 unspecified atom stereocenters. The van der Waals surface area contributed by atoms with Crippen LogP contribution in [0.15, 0.2) is 60.7 Å². The Morgan fingerprint density at radius 1 is 0.878 bits per heavy atom. The first-order valence-electron chi connectivity index (χ1n) is 15.4. The van der Waals surface area contributed by atoms with Crippen molar-refractivity contribution in [1.82, 2.24) is 14.7 Å². The van der Waals surface area contributed by atoms with Crippen LogP contribution in [-0.4, -0.2) is 72.2 Å². The predicted octanol–water partition coefficient (Wildman–Crippen LogP) is 5.61. The Bertz CT molecular complexity index is 1430. The van der Waals surface area contributed by atoms with Crippen LogP contribution in [0.25, 0.3) is 0 Å². The summed E-state index contributed by atoms with van der Waals surface area (Å²) in [5.41, 5.74) is 7.60. The highest BCUT2D eigenvalue weighted by Gasteiger charge is 2.37. The maximum atomic E-state index is 13.1. The van der Waals surface area contributed by atoms with Gasteiger partial charge in [-0.2, -0.15) is 0 Å². The average molecular weight is 552 g/mol. The van der Waals surface area contributed by atoms with Gasteiger partial charge in [0.25, 0.3) is 5.91 Å². The lowest BCUT2D eigenvalue weighted by Gasteiger charge is -2.47. The van der Waals surface area contributed by atoms with Gasteiger partial charge in [-0.05, 0) is 92.0 Å². The second-order valence-electron chi connectivity index (χ2n) is 12.4. The smallest absolute Gasteiger partial charge is 0.254 e. The minimum Gasteiger partial charge on any atom is -0.454 e. The number of piperidine rings is 1. The van der Waals surface area contributed by atoms with Crippen LogP contribution in [0, 0.1) is 6.92 Å². The molecular weight excluding hydrogens is 510 g/mol. The molecule has 2 atom stereocenters. The molecular formula is C35H41N3O3. The van der Waals surface area contributed by atoms with E-state index in [0.29, 0.717) is 24.9 Å². The Kier molecular flexibility index (Phi) is 7.21. The van der Waals surface area contributed by atoms with Crippen LogP contribution in [0.4, 0.5) is 0 Å². The van der Waals surface area contributed by atoms with E-state index in [-0.39, 0.29) is 5.91 Å². The van der Waals surface area contributed by atoms with Crippen molar-refractivity contribution in [3.8, 4) is 11.5 Å². The van der Waals surface area contributed by atoms with Gasteiger partial charge in [0.1, 0.15) is 0 Å². The lowest BCUT2D eigenvalue weighted by Crippen LogP contribution is -2.57. The fraction of sp³-hybridized carbons (Fsp3) is 0.457. The number of carbonyl (C=O) groups excluding carboxylic acids is 1. The lowest BCUT2D eigenvalue weighted by molar-refractivity contribution is 0.0104. The Balaban J connectivity index is 0.946. The van der Waals surface area contributed by atoms with Crippen molar-refractivity contribution in [2.75, 3.05) is 39.5 Å². The minimum absolute atomic E-state index is 0.193. The monoisotopic (exact) mass is 551 g/mol. The zero-order valence-electron chi connectivity index (χ0n) is 24.4. The summed E-state index contributed by atoms with van der Waals surface area (Å²) < 4.78 is 11.0. The molecule has 0 saturated carbocycles. The number of fused-ring (bicyclic) bond motifs is 2. The standard InChI is InChI=1S/C35H41N3O3/c1-24-5-3-4-6-30(24)35(39)36-15-13-29(14-16-36)37-17-18-38(25(2)22-37)32-11-9-28-20-26(7-10-31(28)32)19-27-8-12-33-34(21-27)41-23-40-33/h3-8,10,12,20-21,25,29,32H,9,11,13-19,22-23H2,1-2H3/t25-,32?/m1/s1. The fourth-order valence-electron chi connectivity index (χ4n) is 7.60. The van der Waals surface area contributed by atoms with E-state index in [1.165, 1.54) is 28.7 Å². The van der Waals surface area contributed by atoms with Crippen LogP contribution < -0.4 is 9.47 Å². The topological polar surface area (TPSA) is 45.3 Å². The van der Waals surface area contributed by atoms with Crippen molar-refractivity contribution in [3.05, 3.63) is 94.0 Å². The van der Waals surface area contributed by atoms with Crippen LogP contribution in [0.2, 0.25) is 0 Å². The Morgan fingerprint density at radius 3 is 2.49 bits per heavy atom. The second-order valence-corrected chi connectivity index (χ2v) is 12.4. The van der Waals surface area contributed by atoms with E-state index in [1.807, 2.05) is 37.3 Å². The summed E-state index contributed by atoms with van der Waals surface area (Å²) in [6.07, 6.45) is 5.44. The molecule has 3 aromatic carbocycles. The first-order valence-corrected chi connectivity index (χ1v) is 15.4. The number of piperazine rings is 1. The first kappa shape index (κ1) is 26.5. The van der Waals surface area contributed by atoms with Gasteiger partial charge in [-0.25, -0.2) is 0 Å². The van der Waals surface area contributed by atoms with Gasteiger partial charge in [0.2, 0.25) is 6.79 Å². The molecule has 0 spiro atoms. The maximum Gasteiger partial charge on any atom is 0.254 e. The zero-order valence-corrected chi connectivity index (χ0v) is 24.4. The quantitative estimate of drug-likeness (QED) is 0.412. The third-order valence-corrected chi connectivity index (χ3v) is 9.85. The first-order chi connectivity index (χ1) is 20.0. The summed E-state index contributed by atoms with van der Waals surface area (Å²) in [6, 6.07) is 23.1. The predicted molar refractivity (Wildman–Crippen MR) is 161 cm³/mol. The minimum atomic E-state index is 0.193. The highest BCUT2D eigenvalue weighted by molar-refractivity contribution is 5.95. The van der Waals surface area contributed by atoms with Crippen LogP contribution >= 0.6 is 0 Å². The summed E-state index contributed by atoms with van der Waals surface area (Å²) >= 11 is 0. The van der Waals surface area contributed by atoms with E-state index >= 15 is 0 Å². The third-order valence-electron chi connectivity index (χ3n) is 9.85. The zero-order chi connectivity index (χ0) is 27.9. The molecule has 3 aliphatic heterocycles. The van der Waals surface area contributed by atoms with Gasteiger partial charge in [-0.3, -0.25) is 14.6 Å². The van der Waals surface area contributed by atoms with Crippen molar-refractivity contribution in [1.29, 1.82) is 0 Å². The molecule has 1 aliphatic carbocycles. The number of hydrogen-bond acceptors (Lipinski definition) is 5. The van der Waals surface area contributed by atoms with Crippen LogP contribution in [0.5, 0.6) is 11.5 Å². The molecule has 2 fully saturated rings. The molecule has 2 saturated heterocycles. The molecule has 3 heterocycles. The molecule has 214 valence electrons. The van der Waals surface area contributed by atoms with E-state index in [9.17, 15) is 4.79 Å². The number of benzene rings is 3. The number of likely N-dealkylation sites (tertiary alicyclic amines) is 1. The molecule has 0 aromatic heterocycles. The molecule has 0 N–H and O–H groups in total. The highest BCUT2D eigenvalue weighted by atomic mass is 16.7. The van der Waals surface area contributed by atoms with Crippen molar-refractivity contribution in [3.63, 3.8) is 0 Å². The van der Waals surface area contributed by atoms with Crippen molar-refractivity contribution in [2.24, 2.45) is 0 Å². The number of rotatable bonds is 5. The second kappa shape index (κ2) is 11.1. The summed E-state index contributed by atoms with van der Waals surface area (Å²) in [7, 11) is 0. The van der Waals surface area contributed by atoms with Crippen LogP contribution in [0.3, 0.4) is 0 Å². The van der Waals surface area contributed by atoms with E-state index in [0.717, 1.165) is 81.0 Å². The van der Waals surface area contributed by atoms with Gasteiger partial charge < -0.3 is 14.4 Å². The third kappa shape index (κ3) is 5.24. The summed E-state index contributed by atoms with van der Waals surface area (Å²) in [5, 5.41) is 0. The number of hydrogen-bond donors (Lipinski definition) is 0. The molecule has 0 bridgehead atoms. The van der Waals surface area contributed by atoms with Gasteiger partial charge in [0.05, 0.1) is 0 Å². The van der Waals surface area contributed by atoms with E-state index in [2.05, 4.69) is 52.0 Å². The SMILES string of the molecule is Cc1ccccc1C(=O)N1CCC(N2CCN(C3CCc4cc(Cc5ccc6c(c5)OCO6)ccc43)[C@H](C)C2)CC1. The summed E-state index contributed by atoms with van der Waals surface area (Å²) in [5.74, 6) is 1.90.